The smallest absolute Gasteiger partial charge is 0.260 e. The van der Waals surface area contributed by atoms with E-state index in [4.69, 9.17) is 0 Å². The van der Waals surface area contributed by atoms with Crippen molar-refractivity contribution >= 4 is 41.0 Å². The first kappa shape index (κ1) is 26.4. The summed E-state index contributed by atoms with van der Waals surface area (Å²) >= 11 is 1.57. The average molecular weight is 475 g/mol. The standard InChI is InChI=1S/C23H34N6O3S/c1-6-23(4,5)22(32)25-12-11-24-20(30)10-7-16(2)27-28-19-9-8-18(15-26-19)21(31)29-13-14-33-17(29)3/h8-9,15H,3,6-7,10-14H2,1-2,4-5H3,(H,24,30)(H,25,32)(H,26,28)/b27-16+. The molecule has 1 aromatic rings. The van der Waals surface area contributed by atoms with E-state index in [1.54, 1.807) is 28.8 Å². The third kappa shape index (κ3) is 8.20. The van der Waals surface area contributed by atoms with Crippen LogP contribution in [0.15, 0.2) is 35.0 Å². The summed E-state index contributed by atoms with van der Waals surface area (Å²) in [6.45, 7) is 12.9. The first-order valence-corrected chi connectivity index (χ1v) is 12.1. The van der Waals surface area contributed by atoms with Gasteiger partial charge in [-0.25, -0.2) is 4.98 Å². The second kappa shape index (κ2) is 12.4. The Hall–Kier alpha value is -2.88. The first-order chi connectivity index (χ1) is 15.6. The molecule has 2 rings (SSSR count). The van der Waals surface area contributed by atoms with Crippen molar-refractivity contribution in [1.82, 2.24) is 20.5 Å². The monoisotopic (exact) mass is 474 g/mol. The van der Waals surface area contributed by atoms with Crippen molar-refractivity contribution < 1.29 is 14.4 Å². The number of anilines is 1. The van der Waals surface area contributed by atoms with Crippen LogP contribution in [0.1, 0.15) is 57.3 Å². The van der Waals surface area contributed by atoms with Crippen LogP contribution in [0.2, 0.25) is 0 Å². The van der Waals surface area contributed by atoms with Crippen molar-refractivity contribution in [3.05, 3.63) is 35.5 Å². The van der Waals surface area contributed by atoms with Crippen LogP contribution in [-0.2, 0) is 9.59 Å². The lowest BCUT2D eigenvalue weighted by Crippen LogP contribution is -2.40. The summed E-state index contributed by atoms with van der Waals surface area (Å²) < 4.78 is 0. The van der Waals surface area contributed by atoms with Crippen LogP contribution < -0.4 is 16.1 Å². The number of carbonyl (C=O) groups excluding carboxylic acids is 3. The van der Waals surface area contributed by atoms with Crippen molar-refractivity contribution in [2.75, 3.05) is 30.8 Å². The maximum Gasteiger partial charge on any atom is 0.260 e. The van der Waals surface area contributed by atoms with Gasteiger partial charge in [-0.05, 0) is 31.9 Å². The summed E-state index contributed by atoms with van der Waals surface area (Å²) in [7, 11) is 0. The summed E-state index contributed by atoms with van der Waals surface area (Å²) in [4.78, 5) is 42.4. The van der Waals surface area contributed by atoms with E-state index < -0.39 is 5.41 Å². The van der Waals surface area contributed by atoms with Crippen LogP contribution in [-0.4, -0.2) is 58.7 Å². The van der Waals surface area contributed by atoms with Crippen LogP contribution in [0.5, 0.6) is 0 Å². The Labute approximate surface area is 199 Å². The van der Waals surface area contributed by atoms with E-state index in [1.165, 1.54) is 6.20 Å². The number of hydrazone groups is 1. The van der Waals surface area contributed by atoms with Crippen molar-refractivity contribution in [1.29, 1.82) is 0 Å². The van der Waals surface area contributed by atoms with Crippen molar-refractivity contribution in [2.45, 2.75) is 47.0 Å². The molecule has 3 amide bonds. The van der Waals surface area contributed by atoms with E-state index in [0.717, 1.165) is 22.9 Å². The first-order valence-electron chi connectivity index (χ1n) is 11.1. The Morgan fingerprint density at radius 1 is 1.21 bits per heavy atom. The fraction of sp³-hybridized carbons (Fsp3) is 0.522. The molecule has 0 unspecified atom stereocenters. The highest BCUT2D eigenvalue weighted by atomic mass is 32.2. The van der Waals surface area contributed by atoms with Crippen molar-refractivity contribution in [3.63, 3.8) is 0 Å². The number of nitrogens with one attached hydrogen (secondary N) is 3. The zero-order valence-electron chi connectivity index (χ0n) is 19.9. The highest BCUT2D eigenvalue weighted by molar-refractivity contribution is 8.03. The molecule has 1 aliphatic heterocycles. The molecule has 1 saturated heterocycles. The number of rotatable bonds is 11. The summed E-state index contributed by atoms with van der Waals surface area (Å²) in [5.74, 6) is 1.15. The molecule has 0 bridgehead atoms. The molecule has 10 heteroatoms. The minimum atomic E-state index is -0.405. The fourth-order valence-corrected chi connectivity index (χ4v) is 3.62. The number of pyridine rings is 1. The lowest BCUT2D eigenvalue weighted by Gasteiger charge is -2.21. The lowest BCUT2D eigenvalue weighted by atomic mass is 9.89. The van der Waals surface area contributed by atoms with Gasteiger partial charge in [-0.3, -0.25) is 19.8 Å². The number of amides is 3. The van der Waals surface area contributed by atoms with Gasteiger partial charge in [-0.15, -0.1) is 11.8 Å². The van der Waals surface area contributed by atoms with E-state index >= 15 is 0 Å². The zero-order valence-corrected chi connectivity index (χ0v) is 20.7. The average Bonchev–Trinajstić information content (AvgIpc) is 3.24. The quantitative estimate of drug-likeness (QED) is 0.258. The topological polar surface area (TPSA) is 116 Å². The number of thioether (sulfide) groups is 1. The van der Waals surface area contributed by atoms with Gasteiger partial charge in [0.25, 0.3) is 5.91 Å². The number of carbonyl (C=O) groups is 3. The maximum atomic E-state index is 12.5. The van der Waals surface area contributed by atoms with Crippen LogP contribution in [0.3, 0.4) is 0 Å². The highest BCUT2D eigenvalue weighted by Gasteiger charge is 2.25. The van der Waals surface area contributed by atoms with Crippen LogP contribution in [0.4, 0.5) is 5.82 Å². The molecule has 0 radical (unpaired) electrons. The number of nitrogens with zero attached hydrogens (tertiary/aromatic N) is 3. The largest absolute Gasteiger partial charge is 0.354 e. The Morgan fingerprint density at radius 3 is 2.55 bits per heavy atom. The van der Waals surface area contributed by atoms with Gasteiger partial charge >= 0.3 is 0 Å². The number of hydrogen-bond acceptors (Lipinski definition) is 7. The third-order valence-corrected chi connectivity index (χ3v) is 6.39. The van der Waals surface area contributed by atoms with Crippen molar-refractivity contribution in [2.24, 2.45) is 10.5 Å². The predicted molar refractivity (Wildman–Crippen MR) is 133 cm³/mol. The third-order valence-electron chi connectivity index (χ3n) is 5.45. The molecule has 1 aromatic heterocycles. The second-order valence-corrected chi connectivity index (χ2v) is 9.60. The Balaban J connectivity index is 1.69. The van der Waals surface area contributed by atoms with Gasteiger partial charge in [-0.2, -0.15) is 5.10 Å². The predicted octanol–water partition coefficient (Wildman–Crippen LogP) is 2.98. The molecule has 0 saturated carbocycles. The van der Waals surface area contributed by atoms with E-state index in [9.17, 15) is 14.4 Å². The van der Waals surface area contributed by atoms with E-state index in [2.05, 4.69) is 32.7 Å². The minimum absolute atomic E-state index is 0.0141. The molecule has 1 fully saturated rings. The van der Waals surface area contributed by atoms with Gasteiger partial charge in [0, 0.05) is 49.1 Å². The van der Waals surface area contributed by atoms with Gasteiger partial charge in [0.1, 0.15) is 5.82 Å². The molecule has 0 aromatic carbocycles. The summed E-state index contributed by atoms with van der Waals surface area (Å²) in [5.41, 5.74) is 3.68. The van der Waals surface area contributed by atoms with Gasteiger partial charge in [0.15, 0.2) is 0 Å². The normalized spacial score (nSPS) is 14.2. The summed E-state index contributed by atoms with van der Waals surface area (Å²) in [5, 5.41) is 10.6. The molecule has 3 N–H and O–H groups in total. The highest BCUT2D eigenvalue weighted by Crippen LogP contribution is 2.27. The van der Waals surface area contributed by atoms with Gasteiger partial charge in [0.05, 0.1) is 10.6 Å². The number of aromatic nitrogens is 1. The molecule has 33 heavy (non-hydrogen) atoms. The lowest BCUT2D eigenvalue weighted by molar-refractivity contribution is -0.129. The van der Waals surface area contributed by atoms with Gasteiger partial charge in [0.2, 0.25) is 11.8 Å². The van der Waals surface area contributed by atoms with E-state index in [1.807, 2.05) is 27.7 Å². The van der Waals surface area contributed by atoms with Crippen molar-refractivity contribution in [3.8, 4) is 0 Å². The van der Waals surface area contributed by atoms with E-state index in [-0.39, 0.29) is 17.7 Å². The SMILES string of the molecule is C=C1SCCN1C(=O)c1ccc(N/N=C(\C)CCC(=O)NCCNC(=O)C(C)(C)CC)nc1. The molecule has 0 aliphatic carbocycles. The van der Waals surface area contributed by atoms with Gasteiger partial charge in [-0.1, -0.05) is 27.4 Å². The fourth-order valence-electron chi connectivity index (χ4n) is 2.78. The minimum Gasteiger partial charge on any atom is -0.354 e. The second-order valence-electron chi connectivity index (χ2n) is 8.43. The molecule has 1 aliphatic rings. The Kier molecular flexibility index (Phi) is 9.90. The number of hydrogen-bond donors (Lipinski definition) is 3. The summed E-state index contributed by atoms with van der Waals surface area (Å²) in [6, 6.07) is 3.39. The molecule has 9 nitrogen and oxygen atoms in total. The van der Waals surface area contributed by atoms with Crippen LogP contribution in [0, 0.1) is 5.41 Å². The Morgan fingerprint density at radius 2 is 1.94 bits per heavy atom. The molecule has 0 spiro atoms. The van der Waals surface area contributed by atoms with Crippen LogP contribution >= 0.6 is 11.8 Å². The zero-order chi connectivity index (χ0) is 24.4. The van der Waals surface area contributed by atoms with Crippen LogP contribution in [0.25, 0.3) is 0 Å². The molecule has 2 heterocycles. The maximum absolute atomic E-state index is 12.5. The molecule has 180 valence electrons. The van der Waals surface area contributed by atoms with Gasteiger partial charge < -0.3 is 15.5 Å². The van der Waals surface area contributed by atoms with E-state index in [0.29, 0.717) is 43.9 Å². The molecule has 0 atom stereocenters. The summed E-state index contributed by atoms with van der Waals surface area (Å²) in [6.07, 6.45) is 3.05. The molecular formula is C23H34N6O3S. The Bertz CT molecular complexity index is 898. The molecular weight excluding hydrogens is 440 g/mol.